The third kappa shape index (κ3) is 5.70. The fourth-order valence-corrected chi connectivity index (χ4v) is 6.00. The zero-order valence-electron chi connectivity index (χ0n) is 23.0. The molecule has 41 heavy (non-hydrogen) atoms. The van der Waals surface area contributed by atoms with Crippen LogP contribution in [0.15, 0.2) is 42.9 Å². The molecule has 0 atom stereocenters. The molecule has 4 aromatic rings. The largest absolute Gasteiger partial charge is 0.379 e. The van der Waals surface area contributed by atoms with Crippen LogP contribution < -0.4 is 5.32 Å². The van der Waals surface area contributed by atoms with Crippen LogP contribution in [0, 0.1) is 0 Å². The summed E-state index contributed by atoms with van der Waals surface area (Å²) in [5.41, 5.74) is 7.42. The number of aromatic nitrogens is 7. The van der Waals surface area contributed by atoms with Crippen molar-refractivity contribution in [1.82, 2.24) is 45.0 Å². The highest BCUT2D eigenvalue weighted by atomic mass is 16.5. The van der Waals surface area contributed by atoms with E-state index in [1.807, 2.05) is 23.5 Å². The summed E-state index contributed by atoms with van der Waals surface area (Å²) in [6.45, 7) is 5.51. The summed E-state index contributed by atoms with van der Waals surface area (Å²) in [5, 5.41) is 19.3. The average molecular weight is 555 g/mol. The minimum atomic E-state index is 0.0146. The highest BCUT2D eigenvalue weighted by Crippen LogP contribution is 2.26. The van der Waals surface area contributed by atoms with Gasteiger partial charge in [-0.3, -0.25) is 19.5 Å². The third-order valence-corrected chi connectivity index (χ3v) is 8.28. The second-order valence-corrected chi connectivity index (χ2v) is 11.0. The Labute approximate surface area is 238 Å². The number of H-pyrrole nitrogens is 1. The molecular weight excluding hydrogens is 520 g/mol. The first-order valence-electron chi connectivity index (χ1n) is 14.4. The summed E-state index contributed by atoms with van der Waals surface area (Å²) in [5.74, 6) is 0.641. The number of hydrogen-bond acceptors (Lipinski definition) is 9. The zero-order valence-corrected chi connectivity index (χ0v) is 23.0. The predicted octanol–water partition coefficient (Wildman–Crippen LogP) is 1.50. The van der Waals surface area contributed by atoms with Crippen molar-refractivity contribution in [3.63, 3.8) is 0 Å². The van der Waals surface area contributed by atoms with Gasteiger partial charge < -0.3 is 15.0 Å². The van der Waals surface area contributed by atoms with Gasteiger partial charge in [0, 0.05) is 74.8 Å². The lowest BCUT2D eigenvalue weighted by atomic mass is 10.1. The standard InChI is InChI=1S/C29H34N10O2/c40-28(38-8-6-26-27(18-38)34-36-33-26)19-39-17-24(25(35-39)5-7-37-9-11-41-12-10-37)22-15-30-29(31-16-22)32-23-13-20-3-1-2-4-21(20)14-23/h1-4,15-17,23H,5-14,18-19H2,(H,30,31,32)(H,33,34,36). The lowest BCUT2D eigenvalue weighted by Crippen LogP contribution is -2.38. The van der Waals surface area contributed by atoms with E-state index in [9.17, 15) is 4.79 Å². The number of ether oxygens (including phenoxy) is 1. The number of hydrogen-bond donors (Lipinski definition) is 2. The molecule has 1 fully saturated rings. The molecule has 1 amide bonds. The Hall–Kier alpha value is -4.16. The first-order chi connectivity index (χ1) is 20.2. The van der Waals surface area contributed by atoms with Crippen LogP contribution in [-0.4, -0.2) is 96.3 Å². The van der Waals surface area contributed by atoms with E-state index in [-0.39, 0.29) is 12.5 Å². The molecule has 0 bridgehead atoms. The van der Waals surface area contributed by atoms with Gasteiger partial charge in [0.15, 0.2) is 0 Å². The van der Waals surface area contributed by atoms with E-state index in [1.54, 1.807) is 4.68 Å². The number of benzene rings is 1. The van der Waals surface area contributed by atoms with Gasteiger partial charge in [-0.1, -0.05) is 29.5 Å². The van der Waals surface area contributed by atoms with Gasteiger partial charge in [-0.15, -0.1) is 5.10 Å². The molecule has 3 aliphatic rings. The van der Waals surface area contributed by atoms with Crippen LogP contribution in [0.4, 0.5) is 5.95 Å². The number of fused-ring (bicyclic) bond motifs is 2. The Morgan fingerprint density at radius 3 is 2.63 bits per heavy atom. The number of carbonyl (C=O) groups excluding carboxylic acids is 1. The third-order valence-electron chi connectivity index (χ3n) is 8.28. The van der Waals surface area contributed by atoms with Crippen molar-refractivity contribution in [3.8, 4) is 11.1 Å². The normalized spacial score (nSPS) is 17.4. The molecule has 12 nitrogen and oxygen atoms in total. The monoisotopic (exact) mass is 554 g/mol. The summed E-state index contributed by atoms with van der Waals surface area (Å²) < 4.78 is 7.26. The molecule has 1 saturated heterocycles. The quantitative estimate of drug-likeness (QED) is 0.333. The number of nitrogens with zero attached hydrogens (tertiary/aromatic N) is 8. The fourth-order valence-electron chi connectivity index (χ4n) is 6.00. The highest BCUT2D eigenvalue weighted by Gasteiger charge is 2.25. The van der Waals surface area contributed by atoms with Crippen molar-refractivity contribution in [2.75, 3.05) is 44.7 Å². The fraction of sp³-hybridized carbons (Fsp3) is 0.448. The maximum atomic E-state index is 13.2. The molecule has 7 rings (SSSR count). The Balaban J connectivity index is 1.06. The van der Waals surface area contributed by atoms with Crippen molar-refractivity contribution >= 4 is 11.9 Å². The molecule has 0 spiro atoms. The van der Waals surface area contributed by atoms with Crippen molar-refractivity contribution in [3.05, 3.63) is 71.1 Å². The number of amides is 1. The van der Waals surface area contributed by atoms with Crippen molar-refractivity contribution in [2.45, 2.75) is 44.8 Å². The van der Waals surface area contributed by atoms with E-state index in [4.69, 9.17) is 9.84 Å². The molecule has 1 aromatic carbocycles. The van der Waals surface area contributed by atoms with Gasteiger partial charge in [0.25, 0.3) is 0 Å². The highest BCUT2D eigenvalue weighted by molar-refractivity contribution is 5.76. The van der Waals surface area contributed by atoms with E-state index in [0.717, 1.165) is 86.7 Å². The van der Waals surface area contributed by atoms with E-state index >= 15 is 0 Å². The van der Waals surface area contributed by atoms with Crippen LogP contribution in [-0.2, 0) is 48.3 Å². The minimum absolute atomic E-state index is 0.0146. The topological polar surface area (TPSA) is 130 Å². The van der Waals surface area contributed by atoms with Gasteiger partial charge in [0.2, 0.25) is 11.9 Å². The summed E-state index contributed by atoms with van der Waals surface area (Å²) in [6, 6.07) is 8.86. The molecular formula is C29H34N10O2. The van der Waals surface area contributed by atoms with Crippen molar-refractivity contribution in [2.24, 2.45) is 0 Å². The molecule has 0 radical (unpaired) electrons. The maximum absolute atomic E-state index is 13.2. The second-order valence-electron chi connectivity index (χ2n) is 11.0. The number of nitrogens with one attached hydrogen (secondary N) is 2. The lowest BCUT2D eigenvalue weighted by Gasteiger charge is -2.26. The van der Waals surface area contributed by atoms with Crippen LogP contribution in [0.5, 0.6) is 0 Å². The van der Waals surface area contributed by atoms with E-state index in [0.29, 0.717) is 25.1 Å². The second kappa shape index (κ2) is 11.4. The molecule has 2 aliphatic heterocycles. The van der Waals surface area contributed by atoms with E-state index < -0.39 is 0 Å². The summed E-state index contributed by atoms with van der Waals surface area (Å²) in [4.78, 5) is 26.7. The van der Waals surface area contributed by atoms with Crippen LogP contribution in [0.25, 0.3) is 11.1 Å². The van der Waals surface area contributed by atoms with Gasteiger partial charge in [0.05, 0.1) is 31.1 Å². The Kier molecular flexibility index (Phi) is 7.15. The van der Waals surface area contributed by atoms with Crippen LogP contribution in [0.1, 0.15) is 28.2 Å². The summed E-state index contributed by atoms with van der Waals surface area (Å²) in [6.07, 6.45) is 9.12. The minimum Gasteiger partial charge on any atom is -0.379 e. The van der Waals surface area contributed by atoms with Crippen LogP contribution in [0.2, 0.25) is 0 Å². The smallest absolute Gasteiger partial charge is 0.244 e. The van der Waals surface area contributed by atoms with E-state index in [2.05, 4.69) is 59.9 Å². The molecule has 12 heteroatoms. The zero-order chi connectivity index (χ0) is 27.6. The SMILES string of the molecule is O=C(Cn1cc(-c2cnc(NC3Cc4ccccc4C3)nc2)c(CCN2CCOCC2)n1)N1CCc2[nH]nnc2C1. The number of carbonyl (C=O) groups is 1. The van der Waals surface area contributed by atoms with Gasteiger partial charge in [-0.2, -0.15) is 5.10 Å². The van der Waals surface area contributed by atoms with Crippen molar-refractivity contribution in [1.29, 1.82) is 0 Å². The molecule has 0 saturated carbocycles. The Morgan fingerprint density at radius 2 is 1.85 bits per heavy atom. The number of anilines is 1. The first-order valence-corrected chi connectivity index (χ1v) is 14.4. The lowest BCUT2D eigenvalue weighted by molar-refractivity contribution is -0.133. The van der Waals surface area contributed by atoms with E-state index in [1.165, 1.54) is 11.1 Å². The van der Waals surface area contributed by atoms with Gasteiger partial charge in [-0.05, 0) is 24.0 Å². The Morgan fingerprint density at radius 1 is 1.07 bits per heavy atom. The average Bonchev–Trinajstić information content (AvgIpc) is 3.74. The number of morpholine rings is 1. The first kappa shape index (κ1) is 25.8. The Bertz CT molecular complexity index is 1480. The summed E-state index contributed by atoms with van der Waals surface area (Å²) in [7, 11) is 0. The molecule has 3 aromatic heterocycles. The molecule has 0 unspecified atom stereocenters. The number of aromatic amines is 1. The molecule has 212 valence electrons. The van der Waals surface area contributed by atoms with Crippen LogP contribution >= 0.6 is 0 Å². The summed E-state index contributed by atoms with van der Waals surface area (Å²) >= 11 is 0. The molecule has 1 aliphatic carbocycles. The van der Waals surface area contributed by atoms with Gasteiger partial charge in [-0.25, -0.2) is 9.97 Å². The van der Waals surface area contributed by atoms with Gasteiger partial charge in [0.1, 0.15) is 12.2 Å². The van der Waals surface area contributed by atoms with Gasteiger partial charge >= 0.3 is 0 Å². The maximum Gasteiger partial charge on any atom is 0.244 e. The number of rotatable bonds is 8. The molecule has 5 heterocycles. The molecule has 2 N–H and O–H groups in total. The van der Waals surface area contributed by atoms with Crippen LogP contribution in [0.3, 0.4) is 0 Å². The predicted molar refractivity (Wildman–Crippen MR) is 151 cm³/mol. The van der Waals surface area contributed by atoms with Crippen molar-refractivity contribution < 1.29 is 9.53 Å².